The maximum Gasteiger partial charge on any atom is 0.235 e. The molecule has 0 bridgehead atoms. The third kappa shape index (κ3) is 3.65. The molecule has 6 N–H and O–H groups in total. The topological polar surface area (TPSA) is 187 Å². The zero-order valence-electron chi connectivity index (χ0n) is 20.6. The summed E-state index contributed by atoms with van der Waals surface area (Å²) in [5, 5.41) is 36.8. The molecule has 8 atom stereocenters. The third-order valence-corrected chi connectivity index (χ3v) is 8.16. The number of hydrogen-bond acceptors (Lipinski definition) is 10. The summed E-state index contributed by atoms with van der Waals surface area (Å²) in [6.45, 7) is 1.04. The van der Waals surface area contributed by atoms with E-state index in [4.69, 9.17) is 5.73 Å². The van der Waals surface area contributed by atoms with Crippen molar-refractivity contribution in [3.63, 3.8) is 0 Å². The first-order valence-corrected chi connectivity index (χ1v) is 12.0. The van der Waals surface area contributed by atoms with Crippen LogP contribution in [0.2, 0.25) is 0 Å². The van der Waals surface area contributed by atoms with E-state index in [9.17, 15) is 43.7 Å². The van der Waals surface area contributed by atoms with Crippen molar-refractivity contribution in [2.45, 2.75) is 37.1 Å². The molecule has 11 nitrogen and oxygen atoms in total. The van der Waals surface area contributed by atoms with E-state index >= 15 is 0 Å². The Bertz CT molecular complexity index is 1200. The lowest BCUT2D eigenvalue weighted by molar-refractivity contribution is -0.196. The summed E-state index contributed by atoms with van der Waals surface area (Å²) >= 11 is 0. The molecule has 0 aliphatic heterocycles. The van der Waals surface area contributed by atoms with E-state index in [1.165, 1.54) is 19.0 Å². The van der Waals surface area contributed by atoms with Crippen molar-refractivity contribution in [2.75, 3.05) is 27.3 Å². The second-order valence-corrected chi connectivity index (χ2v) is 10.3. The number of phenols is 1. The summed E-state index contributed by atoms with van der Waals surface area (Å²) < 4.78 is 12.5. The van der Waals surface area contributed by atoms with Gasteiger partial charge in [-0.1, -0.05) is 19.1 Å². The minimum Gasteiger partial charge on any atom is -0.507 e. The molecule has 3 aliphatic rings. The zero-order valence-corrected chi connectivity index (χ0v) is 20.6. The summed E-state index contributed by atoms with van der Waals surface area (Å²) in [5.74, 6) is -13.7. The fourth-order valence-electron chi connectivity index (χ4n) is 6.46. The van der Waals surface area contributed by atoms with Crippen molar-refractivity contribution in [3.05, 3.63) is 28.8 Å². The van der Waals surface area contributed by atoms with E-state index in [0.717, 1.165) is 0 Å². The lowest BCUT2D eigenvalue weighted by atomic mass is 9.49. The summed E-state index contributed by atoms with van der Waals surface area (Å²) in [7, 11) is 2.86. The number of primary amides is 1. The number of ketones is 4. The van der Waals surface area contributed by atoms with Crippen LogP contribution in [0.3, 0.4) is 0 Å². The van der Waals surface area contributed by atoms with Crippen molar-refractivity contribution in [1.29, 1.82) is 0 Å². The smallest absolute Gasteiger partial charge is 0.235 e. The first kappa shape index (κ1) is 27.0. The van der Waals surface area contributed by atoms with Gasteiger partial charge in [-0.3, -0.25) is 28.9 Å². The maximum atomic E-state index is 13.9. The molecule has 12 heteroatoms. The van der Waals surface area contributed by atoms with Gasteiger partial charge in [-0.25, -0.2) is 4.39 Å². The summed E-state index contributed by atoms with van der Waals surface area (Å²) in [5.41, 5.74) is 2.68. The highest BCUT2D eigenvalue weighted by molar-refractivity contribution is 6.32. The molecule has 4 rings (SSSR count). The summed E-state index contributed by atoms with van der Waals surface area (Å²) in [6, 6.07) is 1.70. The van der Waals surface area contributed by atoms with E-state index in [0.29, 0.717) is 5.56 Å². The van der Waals surface area contributed by atoms with Gasteiger partial charge in [-0.2, -0.15) is 0 Å². The van der Waals surface area contributed by atoms with Crippen molar-refractivity contribution >= 4 is 29.0 Å². The van der Waals surface area contributed by atoms with Gasteiger partial charge in [0.15, 0.2) is 34.7 Å². The van der Waals surface area contributed by atoms with E-state index in [1.807, 2.05) is 0 Å². The van der Waals surface area contributed by atoms with Crippen LogP contribution in [-0.2, 0) is 25.7 Å². The van der Waals surface area contributed by atoms with Gasteiger partial charge in [0.2, 0.25) is 5.91 Å². The van der Waals surface area contributed by atoms with Crippen LogP contribution in [0.25, 0.3) is 0 Å². The highest BCUT2D eigenvalue weighted by atomic mass is 19.1. The van der Waals surface area contributed by atoms with Crippen LogP contribution in [0.5, 0.6) is 5.75 Å². The molecule has 0 saturated heterocycles. The molecule has 2 saturated carbocycles. The van der Waals surface area contributed by atoms with Gasteiger partial charge in [0.1, 0.15) is 12.4 Å². The SMILES string of the molecule is C[C@H]1c2ccc(CNCCF)c(O)c2C(=O)C2C(=O)[C@]3(O)C(=O)C(C(N)=O)C(=O)[C@@H](N(C)C)[C@@H]3[C@@H](O)[C@@H]21. The Labute approximate surface area is 211 Å². The molecular formula is C25H30FN3O8. The zero-order chi connectivity index (χ0) is 27.6. The maximum absolute atomic E-state index is 13.9. The number of rotatable bonds is 6. The quantitative estimate of drug-likeness (QED) is 0.218. The van der Waals surface area contributed by atoms with Crippen LogP contribution in [0.1, 0.15) is 34.3 Å². The molecular weight excluding hydrogens is 489 g/mol. The van der Waals surface area contributed by atoms with Crippen LogP contribution in [0.4, 0.5) is 4.39 Å². The number of aliphatic hydroxyl groups is 2. The van der Waals surface area contributed by atoms with Gasteiger partial charge in [0.25, 0.3) is 0 Å². The van der Waals surface area contributed by atoms with Gasteiger partial charge in [0, 0.05) is 24.6 Å². The number of aromatic hydroxyl groups is 1. The normalized spacial score (nSPS) is 35.3. The molecule has 1 amide bonds. The lowest BCUT2D eigenvalue weighted by Gasteiger charge is -2.56. The number of carbonyl (C=O) groups excluding carboxylic acids is 5. The van der Waals surface area contributed by atoms with Crippen molar-refractivity contribution in [3.8, 4) is 5.75 Å². The van der Waals surface area contributed by atoms with Crippen molar-refractivity contribution in [2.24, 2.45) is 29.4 Å². The number of phenolic OH excluding ortho intramolecular Hbond substituents is 1. The van der Waals surface area contributed by atoms with E-state index in [2.05, 4.69) is 5.32 Å². The number of hydrogen-bond donors (Lipinski definition) is 5. The molecule has 3 aliphatic carbocycles. The van der Waals surface area contributed by atoms with Gasteiger partial charge in [0.05, 0.1) is 29.5 Å². The number of benzene rings is 1. The largest absolute Gasteiger partial charge is 0.507 e. The highest BCUT2D eigenvalue weighted by Gasteiger charge is 2.72. The number of halogens is 1. The Kier molecular flexibility index (Phi) is 6.82. The number of aliphatic hydroxyl groups excluding tert-OH is 1. The minimum absolute atomic E-state index is 0.0135. The Morgan fingerprint density at radius 2 is 1.84 bits per heavy atom. The monoisotopic (exact) mass is 519 g/mol. The van der Waals surface area contributed by atoms with E-state index in [1.54, 1.807) is 19.1 Å². The average Bonchev–Trinajstić information content (AvgIpc) is 2.82. The highest BCUT2D eigenvalue weighted by Crippen LogP contribution is 2.54. The lowest BCUT2D eigenvalue weighted by Crippen LogP contribution is -2.77. The molecule has 200 valence electrons. The Balaban J connectivity index is 1.88. The second kappa shape index (κ2) is 9.35. The number of likely N-dealkylation sites (N-methyl/N-ethyl adjacent to an activating group) is 1. The molecule has 0 spiro atoms. The number of nitrogens with one attached hydrogen (secondary N) is 1. The van der Waals surface area contributed by atoms with Crippen molar-refractivity contribution in [1.82, 2.24) is 10.2 Å². The van der Waals surface area contributed by atoms with Gasteiger partial charge >= 0.3 is 0 Å². The summed E-state index contributed by atoms with van der Waals surface area (Å²) in [6.07, 6.45) is -1.68. The molecule has 0 radical (unpaired) electrons. The van der Waals surface area contributed by atoms with Crippen LogP contribution in [0.15, 0.2) is 12.1 Å². The van der Waals surface area contributed by atoms with Gasteiger partial charge in [-0.15, -0.1) is 0 Å². The first-order chi connectivity index (χ1) is 17.3. The second-order valence-electron chi connectivity index (χ2n) is 10.3. The molecule has 37 heavy (non-hydrogen) atoms. The van der Waals surface area contributed by atoms with Crippen LogP contribution in [-0.4, -0.2) is 94.3 Å². The standard InChI is InChI=1S/C25H30FN3O8/c1-9-11-5-4-10(8-28-7-6-26)18(30)13(11)19(31)14-12(9)20(32)16-17(29(2)3)21(33)15(24(27)36)23(35)25(16,37)22(14)34/h4-5,9,12,14-17,20,28,30,32,37H,6-8H2,1-3H3,(H2,27,36)/t9-,12+,14?,15?,16+,17-,20-,25-/m0/s1. The first-order valence-electron chi connectivity index (χ1n) is 12.0. The molecule has 2 fully saturated rings. The fourth-order valence-corrected chi connectivity index (χ4v) is 6.46. The van der Waals surface area contributed by atoms with E-state index < -0.39 is 88.8 Å². The predicted molar refractivity (Wildman–Crippen MR) is 125 cm³/mol. The number of alkyl halides is 1. The van der Waals surface area contributed by atoms with Gasteiger partial charge in [-0.05, 0) is 25.6 Å². The molecule has 0 heterocycles. The Morgan fingerprint density at radius 1 is 1.19 bits per heavy atom. The van der Waals surface area contributed by atoms with Crippen LogP contribution in [0, 0.1) is 23.7 Å². The number of nitrogens with two attached hydrogens (primary N) is 1. The van der Waals surface area contributed by atoms with Gasteiger partial charge < -0.3 is 26.4 Å². The number of fused-ring (bicyclic) bond motifs is 3. The fraction of sp³-hybridized carbons (Fsp3) is 0.560. The number of carbonyl (C=O) groups is 5. The van der Waals surface area contributed by atoms with E-state index in [-0.39, 0.29) is 24.2 Å². The Morgan fingerprint density at radius 3 is 2.41 bits per heavy atom. The summed E-state index contributed by atoms with van der Waals surface area (Å²) in [4.78, 5) is 67.4. The number of Topliss-reactive ketones (excluding diaryl/α,β-unsaturated/α-hetero) is 4. The minimum atomic E-state index is -3.04. The Hall–Kier alpha value is -3.06. The number of nitrogens with zero attached hydrogens (tertiary/aromatic N) is 1. The molecule has 1 aromatic carbocycles. The molecule has 1 aromatic rings. The predicted octanol–water partition coefficient (Wildman–Crippen LogP) is -1.54. The van der Waals surface area contributed by atoms with Crippen LogP contribution < -0.4 is 11.1 Å². The third-order valence-electron chi connectivity index (χ3n) is 8.16. The molecule has 0 aromatic heterocycles. The number of amides is 1. The average molecular weight is 520 g/mol. The van der Waals surface area contributed by atoms with Crippen molar-refractivity contribution < 1.29 is 43.7 Å². The van der Waals surface area contributed by atoms with Crippen LogP contribution >= 0.6 is 0 Å². The molecule has 2 unspecified atom stereocenters.